The van der Waals surface area contributed by atoms with Gasteiger partial charge in [0.05, 0.1) is 4.90 Å². The molecule has 116 valence electrons. The second-order valence-corrected chi connectivity index (χ2v) is 6.00. The second-order valence-electron chi connectivity index (χ2n) is 4.58. The van der Waals surface area contributed by atoms with Crippen LogP contribution in [0.25, 0.3) is 0 Å². The fourth-order valence-electron chi connectivity index (χ4n) is 1.72. The van der Waals surface area contributed by atoms with Crippen molar-refractivity contribution in [2.45, 2.75) is 18.4 Å². The van der Waals surface area contributed by atoms with Gasteiger partial charge < -0.3 is 5.11 Å². The summed E-state index contributed by atoms with van der Waals surface area (Å²) in [5.41, 5.74) is 1.46. The van der Waals surface area contributed by atoms with Gasteiger partial charge in [0.25, 0.3) is 10.1 Å². The van der Waals surface area contributed by atoms with Gasteiger partial charge in [0.15, 0.2) is 6.61 Å². The van der Waals surface area contributed by atoms with E-state index in [4.69, 9.17) is 14.5 Å². The van der Waals surface area contributed by atoms with Crippen molar-refractivity contribution in [2.24, 2.45) is 0 Å². The Kier molecular flexibility index (Phi) is 4.43. The molecule has 8 heteroatoms. The molecule has 2 N–H and O–H groups in total. The third-order valence-corrected chi connectivity index (χ3v) is 3.81. The van der Waals surface area contributed by atoms with Crippen LogP contribution in [0.2, 0.25) is 0 Å². The molecule has 0 bridgehead atoms. The Morgan fingerprint density at radius 2 is 1.82 bits per heavy atom. The number of hydrogen-bond donors (Lipinski definition) is 2. The lowest BCUT2D eigenvalue weighted by atomic mass is 10.2. The van der Waals surface area contributed by atoms with Crippen LogP contribution in [0.4, 0.5) is 0 Å². The molecular weight excluding hydrogens is 310 g/mol. The zero-order valence-electron chi connectivity index (χ0n) is 11.6. The Morgan fingerprint density at radius 1 is 1.18 bits per heavy atom. The van der Waals surface area contributed by atoms with Crippen LogP contribution < -0.4 is 9.57 Å². The van der Waals surface area contributed by atoms with Crippen molar-refractivity contribution < 1.29 is 32.4 Å². The van der Waals surface area contributed by atoms with E-state index in [-0.39, 0.29) is 17.1 Å². The van der Waals surface area contributed by atoms with Gasteiger partial charge in [0.2, 0.25) is 11.9 Å². The Morgan fingerprint density at radius 3 is 2.36 bits per heavy atom. The highest BCUT2D eigenvalue weighted by atomic mass is 32.2. The SMILES string of the molecule is Cc1ccc(C(=O)O)c[n+]1OCc1ccc(S(=O)(=O)O)cc1. The van der Waals surface area contributed by atoms with E-state index >= 15 is 0 Å². The van der Waals surface area contributed by atoms with Crippen LogP contribution in [0.15, 0.2) is 47.5 Å². The zero-order chi connectivity index (χ0) is 16.3. The molecular formula is C14H14NO6S+. The van der Waals surface area contributed by atoms with E-state index < -0.39 is 16.1 Å². The van der Waals surface area contributed by atoms with Gasteiger partial charge in [-0.15, -0.1) is 0 Å². The van der Waals surface area contributed by atoms with Crippen LogP contribution >= 0.6 is 0 Å². The van der Waals surface area contributed by atoms with Crippen molar-refractivity contribution in [3.8, 4) is 0 Å². The topological polar surface area (TPSA) is 105 Å². The van der Waals surface area contributed by atoms with Gasteiger partial charge in [-0.3, -0.25) is 9.39 Å². The summed E-state index contributed by atoms with van der Waals surface area (Å²) in [6, 6.07) is 8.61. The fraction of sp³-hybridized carbons (Fsp3) is 0.143. The highest BCUT2D eigenvalue weighted by molar-refractivity contribution is 7.85. The number of aryl methyl sites for hydroxylation is 1. The van der Waals surface area contributed by atoms with E-state index in [2.05, 4.69) is 0 Å². The van der Waals surface area contributed by atoms with Crippen LogP contribution in [0.1, 0.15) is 21.6 Å². The molecule has 22 heavy (non-hydrogen) atoms. The van der Waals surface area contributed by atoms with E-state index in [1.54, 1.807) is 13.0 Å². The average molecular weight is 324 g/mol. The normalized spacial score (nSPS) is 11.2. The molecule has 0 saturated carbocycles. The van der Waals surface area contributed by atoms with E-state index in [1.807, 2.05) is 0 Å². The number of nitrogens with zero attached hydrogens (tertiary/aromatic N) is 1. The third kappa shape index (κ3) is 3.80. The van der Waals surface area contributed by atoms with Crippen molar-refractivity contribution >= 4 is 16.1 Å². The van der Waals surface area contributed by atoms with Crippen molar-refractivity contribution in [3.63, 3.8) is 0 Å². The van der Waals surface area contributed by atoms with Gasteiger partial charge in [0, 0.05) is 17.7 Å². The van der Waals surface area contributed by atoms with Gasteiger partial charge in [-0.25, -0.2) is 4.79 Å². The number of carbonyl (C=O) groups is 1. The third-order valence-electron chi connectivity index (χ3n) is 2.95. The maximum absolute atomic E-state index is 10.9. The molecule has 7 nitrogen and oxygen atoms in total. The molecule has 0 aliphatic heterocycles. The summed E-state index contributed by atoms with van der Waals surface area (Å²) >= 11 is 0. The van der Waals surface area contributed by atoms with Crippen LogP contribution in [-0.4, -0.2) is 24.0 Å². The first-order chi connectivity index (χ1) is 10.3. The van der Waals surface area contributed by atoms with Crippen LogP contribution in [0.5, 0.6) is 0 Å². The first-order valence-electron chi connectivity index (χ1n) is 6.23. The standard InChI is InChI=1S/C14H13NO6S/c1-10-2-5-12(14(16)17)8-15(10)21-9-11-3-6-13(7-4-11)22(18,19)20/h2-8H,9H2,1H3,(H-,16,17,18,19,20)/p+1. The summed E-state index contributed by atoms with van der Waals surface area (Å²) in [4.78, 5) is 16.2. The monoisotopic (exact) mass is 324 g/mol. The molecule has 0 saturated heterocycles. The molecule has 0 aliphatic carbocycles. The predicted octanol–water partition coefficient (Wildman–Crippen LogP) is 0.856. The minimum Gasteiger partial charge on any atom is -0.477 e. The quantitative estimate of drug-likeness (QED) is 0.624. The smallest absolute Gasteiger partial charge is 0.341 e. The lowest BCUT2D eigenvalue weighted by Crippen LogP contribution is -2.45. The number of aromatic nitrogens is 1. The number of carboxylic acids is 1. The number of rotatable bonds is 5. The van der Waals surface area contributed by atoms with Gasteiger partial charge in [-0.05, 0) is 23.8 Å². The Balaban J connectivity index is 2.13. The lowest BCUT2D eigenvalue weighted by molar-refractivity contribution is -0.899. The van der Waals surface area contributed by atoms with Crippen LogP contribution in [0.3, 0.4) is 0 Å². The summed E-state index contributed by atoms with van der Waals surface area (Å²) in [6.07, 6.45) is 1.35. The van der Waals surface area contributed by atoms with Crippen LogP contribution in [0, 0.1) is 6.92 Å². The van der Waals surface area contributed by atoms with Crippen molar-refractivity contribution in [1.29, 1.82) is 0 Å². The molecule has 0 spiro atoms. The van der Waals surface area contributed by atoms with Gasteiger partial charge in [-0.2, -0.15) is 8.42 Å². The molecule has 0 aliphatic rings. The van der Waals surface area contributed by atoms with Gasteiger partial charge in [-0.1, -0.05) is 12.1 Å². The number of aromatic carboxylic acids is 1. The first kappa shape index (κ1) is 15.9. The lowest BCUT2D eigenvalue weighted by Gasteiger charge is -2.03. The molecule has 0 amide bonds. The molecule has 0 fully saturated rings. The van der Waals surface area contributed by atoms with Crippen molar-refractivity contribution in [1.82, 2.24) is 0 Å². The average Bonchev–Trinajstić information content (AvgIpc) is 2.45. The Bertz CT molecular complexity index is 799. The van der Waals surface area contributed by atoms with E-state index in [9.17, 15) is 13.2 Å². The van der Waals surface area contributed by atoms with Crippen molar-refractivity contribution in [2.75, 3.05) is 0 Å². The molecule has 0 unspecified atom stereocenters. The maximum atomic E-state index is 10.9. The summed E-state index contributed by atoms with van der Waals surface area (Å²) in [7, 11) is -4.22. The van der Waals surface area contributed by atoms with Gasteiger partial charge >= 0.3 is 5.97 Å². The summed E-state index contributed by atoms with van der Waals surface area (Å²) in [5.74, 6) is -1.06. The predicted molar refractivity (Wildman–Crippen MR) is 74.9 cm³/mol. The molecule has 0 radical (unpaired) electrons. The summed E-state index contributed by atoms with van der Waals surface area (Å²) < 4.78 is 32.1. The highest BCUT2D eigenvalue weighted by Gasteiger charge is 2.15. The molecule has 1 aromatic heterocycles. The fourth-order valence-corrected chi connectivity index (χ4v) is 2.20. The van der Waals surface area contributed by atoms with E-state index in [0.29, 0.717) is 11.3 Å². The second kappa shape index (κ2) is 6.12. The molecule has 2 rings (SSSR count). The van der Waals surface area contributed by atoms with Crippen molar-refractivity contribution in [3.05, 3.63) is 59.4 Å². The molecule has 1 heterocycles. The molecule has 1 aromatic carbocycles. The number of carboxylic acid groups (broad SMARTS) is 1. The van der Waals surface area contributed by atoms with Crippen LogP contribution in [-0.2, 0) is 16.7 Å². The number of hydrogen-bond acceptors (Lipinski definition) is 4. The maximum Gasteiger partial charge on any atom is 0.341 e. The largest absolute Gasteiger partial charge is 0.477 e. The van der Waals surface area contributed by atoms with E-state index in [1.165, 1.54) is 41.3 Å². The summed E-state index contributed by atoms with van der Waals surface area (Å²) in [6.45, 7) is 1.87. The number of benzene rings is 1. The molecule has 0 atom stereocenters. The first-order valence-corrected chi connectivity index (χ1v) is 7.67. The number of pyridine rings is 1. The van der Waals surface area contributed by atoms with E-state index in [0.717, 1.165) is 0 Å². The van der Waals surface area contributed by atoms with Gasteiger partial charge in [0.1, 0.15) is 5.56 Å². The minimum atomic E-state index is -4.22. The zero-order valence-corrected chi connectivity index (χ0v) is 12.4. The minimum absolute atomic E-state index is 0.0901. The highest BCUT2D eigenvalue weighted by Crippen LogP contribution is 2.10. The Labute approximate surface area is 127 Å². The molecule has 2 aromatic rings. The Hall–Kier alpha value is -2.45. The summed E-state index contributed by atoms with van der Waals surface area (Å²) in [5, 5.41) is 8.94.